The maximum absolute atomic E-state index is 13.5. The minimum Gasteiger partial charge on any atom is -0.389 e. The molecule has 0 amide bonds. The molecule has 2 rings (SSSR count). The molecule has 0 radical (unpaired) electrons. The third-order valence-electron chi connectivity index (χ3n) is 2.85. The Hall–Kier alpha value is -1.99. The second-order valence-electron chi connectivity index (χ2n) is 4.47. The van der Waals surface area contributed by atoms with E-state index in [0.29, 0.717) is 11.6 Å². The number of anilines is 1. The van der Waals surface area contributed by atoms with Crippen LogP contribution in [0.5, 0.6) is 0 Å². The number of benzene rings is 2. The molecule has 112 valence electrons. The molecule has 0 saturated carbocycles. The zero-order chi connectivity index (χ0) is 15.6. The molecule has 2 aromatic rings. The van der Waals surface area contributed by atoms with Crippen molar-refractivity contribution in [1.82, 2.24) is 0 Å². The summed E-state index contributed by atoms with van der Waals surface area (Å²) in [6.45, 7) is 1.55. The second-order valence-corrected chi connectivity index (χ2v) is 6.16. The van der Waals surface area contributed by atoms with Crippen LogP contribution < -0.4 is 4.72 Å². The Morgan fingerprint density at radius 1 is 1.10 bits per heavy atom. The summed E-state index contributed by atoms with van der Waals surface area (Å²) in [4.78, 5) is -0.0874. The molecule has 0 aromatic heterocycles. The summed E-state index contributed by atoms with van der Waals surface area (Å²) in [5, 5.41) is 9.36. The third kappa shape index (κ3) is 3.56. The lowest BCUT2D eigenvalue weighted by atomic mass is 10.1. The topological polar surface area (TPSA) is 66.4 Å². The van der Waals surface area contributed by atoms with Gasteiger partial charge in [0, 0.05) is 6.07 Å². The Balaban J connectivity index is 2.29. The Morgan fingerprint density at radius 3 is 2.24 bits per heavy atom. The number of halogens is 2. The SMILES string of the molecule is CC(O)c1ccc(S(=O)(=O)Nc2ccc(F)cc2F)cc1. The molecule has 0 bridgehead atoms. The first-order chi connectivity index (χ1) is 9.79. The van der Waals surface area contributed by atoms with Crippen LogP contribution in [0.25, 0.3) is 0 Å². The molecular weight excluding hydrogens is 300 g/mol. The molecule has 0 heterocycles. The summed E-state index contributed by atoms with van der Waals surface area (Å²) >= 11 is 0. The number of hydrogen-bond donors (Lipinski definition) is 2. The van der Waals surface area contributed by atoms with Crippen LogP contribution in [-0.2, 0) is 10.0 Å². The number of sulfonamides is 1. The summed E-state index contributed by atoms with van der Waals surface area (Å²) < 4.78 is 52.5. The minimum atomic E-state index is -3.99. The Morgan fingerprint density at radius 2 is 1.71 bits per heavy atom. The summed E-state index contributed by atoms with van der Waals surface area (Å²) in [7, 11) is -3.99. The van der Waals surface area contributed by atoms with Crippen LogP contribution in [-0.4, -0.2) is 13.5 Å². The van der Waals surface area contributed by atoms with Crippen molar-refractivity contribution in [2.45, 2.75) is 17.9 Å². The van der Waals surface area contributed by atoms with Crippen LogP contribution in [0.3, 0.4) is 0 Å². The van der Waals surface area contributed by atoms with E-state index < -0.39 is 27.8 Å². The Kier molecular flexibility index (Phi) is 4.24. The van der Waals surface area contributed by atoms with Gasteiger partial charge in [0.2, 0.25) is 0 Å². The van der Waals surface area contributed by atoms with Crippen molar-refractivity contribution in [3.63, 3.8) is 0 Å². The fourth-order valence-electron chi connectivity index (χ4n) is 1.70. The van der Waals surface area contributed by atoms with Gasteiger partial charge in [-0.2, -0.15) is 0 Å². The standard InChI is InChI=1S/C14H13F2NO3S/c1-9(18)10-2-5-12(6-3-10)21(19,20)17-14-7-4-11(15)8-13(14)16/h2-9,17-18H,1H3. The number of aliphatic hydroxyl groups is 1. The molecule has 0 aliphatic carbocycles. The highest BCUT2D eigenvalue weighted by atomic mass is 32.2. The van der Waals surface area contributed by atoms with E-state index in [1.807, 2.05) is 4.72 Å². The van der Waals surface area contributed by atoms with Crippen molar-refractivity contribution in [3.8, 4) is 0 Å². The average Bonchev–Trinajstić information content (AvgIpc) is 2.42. The fraction of sp³-hybridized carbons (Fsp3) is 0.143. The van der Waals surface area contributed by atoms with E-state index >= 15 is 0 Å². The maximum atomic E-state index is 13.5. The predicted octanol–water partition coefficient (Wildman–Crippen LogP) is 2.82. The highest BCUT2D eigenvalue weighted by Gasteiger charge is 2.17. The van der Waals surface area contributed by atoms with Gasteiger partial charge in [0.05, 0.1) is 16.7 Å². The molecule has 4 nitrogen and oxygen atoms in total. The lowest BCUT2D eigenvalue weighted by Crippen LogP contribution is -2.14. The number of nitrogens with one attached hydrogen (secondary N) is 1. The van der Waals surface area contributed by atoms with E-state index in [1.54, 1.807) is 6.92 Å². The van der Waals surface area contributed by atoms with Crippen LogP contribution in [0, 0.1) is 11.6 Å². The van der Waals surface area contributed by atoms with Gasteiger partial charge in [-0.1, -0.05) is 12.1 Å². The van der Waals surface area contributed by atoms with Gasteiger partial charge in [-0.15, -0.1) is 0 Å². The van der Waals surface area contributed by atoms with Gasteiger partial charge in [0.1, 0.15) is 11.6 Å². The first-order valence-corrected chi connectivity index (χ1v) is 7.54. The second kappa shape index (κ2) is 5.79. The molecular formula is C14H13F2NO3S. The van der Waals surface area contributed by atoms with Crippen LogP contribution in [0.4, 0.5) is 14.5 Å². The summed E-state index contributed by atoms with van der Waals surface area (Å²) in [5.41, 5.74) is 0.220. The zero-order valence-electron chi connectivity index (χ0n) is 11.0. The van der Waals surface area contributed by atoms with Crippen molar-refractivity contribution in [2.75, 3.05) is 4.72 Å². The summed E-state index contributed by atoms with van der Waals surface area (Å²) in [6.07, 6.45) is -0.718. The van der Waals surface area contributed by atoms with E-state index in [-0.39, 0.29) is 10.6 Å². The Bertz CT molecular complexity index is 743. The summed E-state index contributed by atoms with van der Waals surface area (Å²) in [5.74, 6) is -1.80. The molecule has 0 fully saturated rings. The van der Waals surface area contributed by atoms with Gasteiger partial charge in [-0.3, -0.25) is 4.72 Å². The van der Waals surface area contributed by atoms with Crippen LogP contribution >= 0.6 is 0 Å². The average molecular weight is 313 g/mol. The molecule has 0 spiro atoms. The van der Waals surface area contributed by atoms with Gasteiger partial charge >= 0.3 is 0 Å². The molecule has 2 aromatic carbocycles. The van der Waals surface area contributed by atoms with Crippen LogP contribution in [0.15, 0.2) is 47.4 Å². The van der Waals surface area contributed by atoms with E-state index in [2.05, 4.69) is 0 Å². The van der Waals surface area contributed by atoms with Crippen molar-refractivity contribution < 1.29 is 22.3 Å². The molecule has 21 heavy (non-hydrogen) atoms. The lowest BCUT2D eigenvalue weighted by molar-refractivity contribution is 0.199. The fourth-order valence-corrected chi connectivity index (χ4v) is 2.77. The van der Waals surface area contributed by atoms with Crippen LogP contribution in [0.1, 0.15) is 18.6 Å². The first kappa shape index (κ1) is 15.4. The molecule has 0 saturated heterocycles. The summed E-state index contributed by atoms with van der Waals surface area (Å²) in [6, 6.07) is 8.07. The molecule has 1 atom stereocenters. The maximum Gasteiger partial charge on any atom is 0.261 e. The molecule has 1 unspecified atom stereocenters. The van der Waals surface area contributed by atoms with E-state index in [0.717, 1.165) is 12.1 Å². The smallest absolute Gasteiger partial charge is 0.261 e. The Labute approximate surface area is 121 Å². The number of hydrogen-bond acceptors (Lipinski definition) is 3. The third-order valence-corrected chi connectivity index (χ3v) is 4.23. The van der Waals surface area contributed by atoms with Crippen molar-refractivity contribution in [2.24, 2.45) is 0 Å². The minimum absolute atomic E-state index is 0.0874. The molecule has 7 heteroatoms. The zero-order valence-corrected chi connectivity index (χ0v) is 11.9. The monoisotopic (exact) mass is 313 g/mol. The largest absolute Gasteiger partial charge is 0.389 e. The van der Waals surface area contributed by atoms with Gasteiger partial charge in [0.15, 0.2) is 0 Å². The number of aliphatic hydroxyl groups excluding tert-OH is 1. The van der Waals surface area contributed by atoms with Gasteiger partial charge in [0.25, 0.3) is 10.0 Å². The predicted molar refractivity (Wildman–Crippen MR) is 74.2 cm³/mol. The highest BCUT2D eigenvalue weighted by molar-refractivity contribution is 7.92. The van der Waals surface area contributed by atoms with Crippen LogP contribution in [0.2, 0.25) is 0 Å². The van der Waals surface area contributed by atoms with Gasteiger partial charge in [-0.25, -0.2) is 17.2 Å². The van der Waals surface area contributed by atoms with Crippen molar-refractivity contribution >= 4 is 15.7 Å². The molecule has 0 aliphatic rings. The van der Waals surface area contributed by atoms with Crippen molar-refractivity contribution in [3.05, 3.63) is 59.7 Å². The van der Waals surface area contributed by atoms with Gasteiger partial charge in [-0.05, 0) is 36.8 Å². The van der Waals surface area contributed by atoms with Crippen molar-refractivity contribution in [1.29, 1.82) is 0 Å². The number of rotatable bonds is 4. The highest BCUT2D eigenvalue weighted by Crippen LogP contribution is 2.21. The first-order valence-electron chi connectivity index (χ1n) is 6.05. The van der Waals surface area contributed by atoms with E-state index in [9.17, 15) is 22.3 Å². The lowest BCUT2D eigenvalue weighted by Gasteiger charge is -2.10. The van der Waals surface area contributed by atoms with Gasteiger partial charge < -0.3 is 5.11 Å². The molecule has 0 aliphatic heterocycles. The normalized spacial score (nSPS) is 13.0. The van der Waals surface area contributed by atoms with E-state index in [4.69, 9.17) is 0 Å². The quantitative estimate of drug-likeness (QED) is 0.912. The molecule has 2 N–H and O–H groups in total. The van der Waals surface area contributed by atoms with E-state index in [1.165, 1.54) is 24.3 Å².